The molecule has 0 fully saturated rings. The van der Waals surface area contributed by atoms with E-state index in [9.17, 15) is 0 Å². The van der Waals surface area contributed by atoms with Gasteiger partial charge in [0.1, 0.15) is 4.83 Å². The average molecular weight is 215 g/mol. The maximum absolute atomic E-state index is 5.73. The van der Waals surface area contributed by atoms with Crippen molar-refractivity contribution in [1.29, 1.82) is 0 Å². The summed E-state index contributed by atoms with van der Waals surface area (Å²) in [4.78, 5) is 2.25. The molecular weight excluding hydrogens is 206 g/mol. The molecular formula is C11H9N3S. The lowest BCUT2D eigenvalue weighted by Crippen LogP contribution is -1.83. The number of hydrogen-bond donors (Lipinski definition) is 2. The van der Waals surface area contributed by atoms with Crippen molar-refractivity contribution in [2.45, 2.75) is 0 Å². The minimum Gasteiger partial charge on any atom is -0.382 e. The van der Waals surface area contributed by atoms with Gasteiger partial charge in [0.15, 0.2) is 5.82 Å². The van der Waals surface area contributed by atoms with Gasteiger partial charge in [-0.05, 0) is 11.6 Å². The molecule has 1 aromatic carbocycles. The SMILES string of the molecule is Nc1n[nH]c2sc(-c3ccccc3)cc12. The molecule has 74 valence electrons. The van der Waals surface area contributed by atoms with Gasteiger partial charge >= 0.3 is 0 Å². The zero-order valence-electron chi connectivity index (χ0n) is 7.90. The molecule has 0 spiro atoms. The van der Waals surface area contributed by atoms with E-state index >= 15 is 0 Å². The number of hydrogen-bond acceptors (Lipinski definition) is 3. The van der Waals surface area contributed by atoms with Crippen LogP contribution in [0.15, 0.2) is 36.4 Å². The molecule has 3 nitrogen and oxygen atoms in total. The smallest absolute Gasteiger partial charge is 0.154 e. The van der Waals surface area contributed by atoms with Crippen LogP contribution in [0.2, 0.25) is 0 Å². The van der Waals surface area contributed by atoms with Gasteiger partial charge in [0.05, 0.1) is 5.39 Å². The van der Waals surface area contributed by atoms with Gasteiger partial charge < -0.3 is 5.73 Å². The Kier molecular flexibility index (Phi) is 1.76. The van der Waals surface area contributed by atoms with Crippen LogP contribution in [0.4, 0.5) is 5.82 Å². The molecule has 0 saturated heterocycles. The molecule has 0 atom stereocenters. The number of anilines is 1. The minimum atomic E-state index is 0.573. The van der Waals surface area contributed by atoms with Crippen LogP contribution in [0, 0.1) is 0 Å². The number of thiophene rings is 1. The number of benzene rings is 1. The van der Waals surface area contributed by atoms with Crippen LogP contribution < -0.4 is 5.73 Å². The predicted molar refractivity (Wildman–Crippen MR) is 63.8 cm³/mol. The average Bonchev–Trinajstić information content (AvgIpc) is 2.83. The van der Waals surface area contributed by atoms with Gasteiger partial charge in [-0.25, -0.2) is 0 Å². The lowest BCUT2D eigenvalue weighted by atomic mass is 10.2. The molecule has 3 rings (SSSR count). The number of nitrogens with two attached hydrogens (primary N) is 1. The molecule has 15 heavy (non-hydrogen) atoms. The summed E-state index contributed by atoms with van der Waals surface area (Å²) in [5, 5.41) is 7.89. The molecule has 0 bridgehead atoms. The Morgan fingerprint density at radius 1 is 1.20 bits per heavy atom. The largest absolute Gasteiger partial charge is 0.382 e. The minimum absolute atomic E-state index is 0.573. The second-order valence-corrected chi connectivity index (χ2v) is 4.38. The van der Waals surface area contributed by atoms with Crippen LogP contribution in [-0.2, 0) is 0 Å². The van der Waals surface area contributed by atoms with E-state index in [4.69, 9.17) is 5.73 Å². The van der Waals surface area contributed by atoms with E-state index in [0.717, 1.165) is 10.2 Å². The summed E-state index contributed by atoms with van der Waals surface area (Å²) >= 11 is 1.67. The molecule has 0 amide bonds. The van der Waals surface area contributed by atoms with Crippen LogP contribution >= 0.6 is 11.3 Å². The molecule has 3 N–H and O–H groups in total. The molecule has 3 aromatic rings. The molecule has 0 aliphatic rings. The van der Waals surface area contributed by atoms with Crippen molar-refractivity contribution >= 4 is 27.4 Å². The summed E-state index contributed by atoms with van der Waals surface area (Å²) in [6.07, 6.45) is 0. The van der Waals surface area contributed by atoms with Crippen molar-refractivity contribution in [3.05, 3.63) is 36.4 Å². The molecule has 0 saturated carbocycles. The van der Waals surface area contributed by atoms with Crippen molar-refractivity contribution < 1.29 is 0 Å². The molecule has 0 radical (unpaired) electrons. The van der Waals surface area contributed by atoms with Crippen molar-refractivity contribution in [3.8, 4) is 10.4 Å². The molecule has 0 aliphatic heterocycles. The van der Waals surface area contributed by atoms with Crippen molar-refractivity contribution in [3.63, 3.8) is 0 Å². The number of nitrogens with one attached hydrogen (secondary N) is 1. The summed E-state index contributed by atoms with van der Waals surface area (Å²) < 4.78 is 0. The fourth-order valence-electron chi connectivity index (χ4n) is 1.58. The van der Waals surface area contributed by atoms with Crippen LogP contribution in [0.25, 0.3) is 20.7 Å². The van der Waals surface area contributed by atoms with Gasteiger partial charge in [-0.3, -0.25) is 5.10 Å². The predicted octanol–water partition coefficient (Wildman–Crippen LogP) is 2.87. The molecule has 2 heterocycles. The van der Waals surface area contributed by atoms with E-state index in [1.807, 2.05) is 18.2 Å². The highest BCUT2D eigenvalue weighted by molar-refractivity contribution is 7.21. The Morgan fingerprint density at radius 3 is 2.73 bits per heavy atom. The highest BCUT2D eigenvalue weighted by Gasteiger charge is 2.08. The maximum Gasteiger partial charge on any atom is 0.154 e. The van der Waals surface area contributed by atoms with Crippen molar-refractivity contribution in [1.82, 2.24) is 10.2 Å². The monoisotopic (exact) mass is 215 g/mol. The van der Waals surface area contributed by atoms with Gasteiger partial charge in [-0.2, -0.15) is 5.10 Å². The van der Waals surface area contributed by atoms with Crippen LogP contribution in [0.1, 0.15) is 0 Å². The summed E-state index contributed by atoms with van der Waals surface area (Å²) in [5.41, 5.74) is 6.95. The zero-order chi connectivity index (χ0) is 10.3. The van der Waals surface area contributed by atoms with E-state index in [2.05, 4.69) is 28.4 Å². The first-order valence-corrected chi connectivity index (χ1v) is 5.45. The highest BCUT2D eigenvalue weighted by atomic mass is 32.1. The number of H-pyrrole nitrogens is 1. The van der Waals surface area contributed by atoms with E-state index in [0.29, 0.717) is 5.82 Å². The Balaban J connectivity index is 2.20. The Bertz CT molecular complexity index is 595. The van der Waals surface area contributed by atoms with Crippen LogP contribution in [0.3, 0.4) is 0 Å². The Labute approximate surface area is 90.5 Å². The summed E-state index contributed by atoms with van der Waals surface area (Å²) in [7, 11) is 0. The molecule has 2 aromatic heterocycles. The maximum atomic E-state index is 5.73. The lowest BCUT2D eigenvalue weighted by Gasteiger charge is -1.93. The zero-order valence-corrected chi connectivity index (χ0v) is 8.71. The Morgan fingerprint density at radius 2 is 2.00 bits per heavy atom. The third-order valence-electron chi connectivity index (χ3n) is 2.34. The first kappa shape index (κ1) is 8.49. The standard InChI is InChI=1S/C11H9N3S/c12-10-8-6-9(15-11(8)14-13-10)7-4-2-1-3-5-7/h1-6H,(H3,12,13,14). The summed E-state index contributed by atoms with van der Waals surface area (Å²) in [5.74, 6) is 0.573. The third-order valence-corrected chi connectivity index (χ3v) is 3.43. The highest BCUT2D eigenvalue weighted by Crippen LogP contribution is 2.34. The lowest BCUT2D eigenvalue weighted by molar-refractivity contribution is 1.13. The van der Waals surface area contributed by atoms with Gasteiger partial charge in [0.25, 0.3) is 0 Å². The first-order valence-electron chi connectivity index (χ1n) is 4.63. The number of rotatable bonds is 1. The molecule has 0 unspecified atom stereocenters. The van der Waals surface area contributed by atoms with Gasteiger partial charge in [-0.1, -0.05) is 30.3 Å². The third kappa shape index (κ3) is 1.30. The summed E-state index contributed by atoms with van der Waals surface area (Å²) in [6, 6.07) is 12.3. The van der Waals surface area contributed by atoms with Crippen LogP contribution in [-0.4, -0.2) is 10.2 Å². The fraction of sp³-hybridized carbons (Fsp3) is 0. The number of nitrogens with zero attached hydrogens (tertiary/aromatic N) is 1. The fourth-order valence-corrected chi connectivity index (χ4v) is 2.60. The van der Waals surface area contributed by atoms with Gasteiger partial charge in [-0.15, -0.1) is 11.3 Å². The quantitative estimate of drug-likeness (QED) is 0.655. The second kappa shape index (κ2) is 3.10. The summed E-state index contributed by atoms with van der Waals surface area (Å²) in [6.45, 7) is 0. The van der Waals surface area contributed by atoms with E-state index in [1.165, 1.54) is 10.4 Å². The van der Waals surface area contributed by atoms with Gasteiger partial charge in [0, 0.05) is 4.88 Å². The molecule has 0 aliphatic carbocycles. The van der Waals surface area contributed by atoms with Crippen LogP contribution in [0.5, 0.6) is 0 Å². The van der Waals surface area contributed by atoms with Crippen molar-refractivity contribution in [2.24, 2.45) is 0 Å². The van der Waals surface area contributed by atoms with E-state index in [-0.39, 0.29) is 0 Å². The number of fused-ring (bicyclic) bond motifs is 1. The second-order valence-electron chi connectivity index (χ2n) is 3.33. The number of nitrogen functional groups attached to an aromatic ring is 1. The number of aromatic nitrogens is 2. The topological polar surface area (TPSA) is 54.7 Å². The molecule has 4 heteroatoms. The van der Waals surface area contributed by atoms with E-state index < -0.39 is 0 Å². The van der Waals surface area contributed by atoms with E-state index in [1.54, 1.807) is 11.3 Å². The normalized spacial score (nSPS) is 10.9. The van der Waals surface area contributed by atoms with Gasteiger partial charge in [0.2, 0.25) is 0 Å². The Hall–Kier alpha value is -1.81. The van der Waals surface area contributed by atoms with Crippen molar-refractivity contribution in [2.75, 3.05) is 5.73 Å². The first-order chi connectivity index (χ1) is 7.34. The number of aromatic amines is 1.